The van der Waals surface area contributed by atoms with Crippen LogP contribution in [-0.2, 0) is 4.84 Å². The van der Waals surface area contributed by atoms with Crippen LogP contribution in [0.5, 0.6) is 0 Å². The van der Waals surface area contributed by atoms with Crippen molar-refractivity contribution in [2.45, 2.75) is 13.8 Å². The van der Waals surface area contributed by atoms with Crippen molar-refractivity contribution in [1.29, 1.82) is 0 Å². The van der Waals surface area contributed by atoms with Crippen LogP contribution in [0.1, 0.15) is 24.2 Å². The van der Waals surface area contributed by atoms with Crippen LogP contribution in [-0.4, -0.2) is 17.5 Å². The molecule has 82 valence electrons. The van der Waals surface area contributed by atoms with E-state index in [4.69, 9.17) is 16.4 Å². The van der Waals surface area contributed by atoms with Gasteiger partial charge >= 0.3 is 0 Å². The van der Waals surface area contributed by atoms with E-state index < -0.39 is 0 Å². The minimum atomic E-state index is -0.319. The van der Waals surface area contributed by atoms with Gasteiger partial charge in [-0.1, -0.05) is 25.4 Å². The number of amides is 1. The van der Waals surface area contributed by atoms with Crippen molar-refractivity contribution >= 4 is 17.5 Å². The van der Waals surface area contributed by atoms with Gasteiger partial charge in [0.15, 0.2) is 0 Å². The molecule has 15 heavy (non-hydrogen) atoms. The largest absolute Gasteiger partial charge is 0.275 e. The Bertz CT molecular complexity index is 342. The number of nitrogens with zero attached hydrogens (tertiary/aromatic N) is 1. The molecular formula is C10H13ClN2O2. The average molecular weight is 229 g/mol. The van der Waals surface area contributed by atoms with Crippen molar-refractivity contribution in [1.82, 2.24) is 10.5 Å². The number of halogens is 1. The first kappa shape index (κ1) is 11.9. The van der Waals surface area contributed by atoms with E-state index in [9.17, 15) is 4.79 Å². The Kier molecular flexibility index (Phi) is 4.52. The monoisotopic (exact) mass is 228 g/mol. The van der Waals surface area contributed by atoms with Gasteiger partial charge in [0.1, 0.15) is 5.15 Å². The molecule has 1 aromatic heterocycles. The van der Waals surface area contributed by atoms with Gasteiger partial charge in [-0.25, -0.2) is 10.5 Å². The number of rotatable bonds is 4. The molecule has 0 saturated carbocycles. The summed E-state index contributed by atoms with van der Waals surface area (Å²) in [5, 5.41) is 0.284. The highest BCUT2D eigenvalue weighted by Crippen LogP contribution is 2.06. The summed E-state index contributed by atoms with van der Waals surface area (Å²) < 4.78 is 0. The number of carbonyl (C=O) groups is 1. The smallest absolute Gasteiger partial charge is 0.273 e. The van der Waals surface area contributed by atoms with Crippen molar-refractivity contribution in [3.63, 3.8) is 0 Å². The Morgan fingerprint density at radius 2 is 2.40 bits per heavy atom. The van der Waals surface area contributed by atoms with Crippen molar-refractivity contribution in [3.8, 4) is 0 Å². The molecule has 0 bridgehead atoms. The van der Waals surface area contributed by atoms with Crippen LogP contribution >= 0.6 is 11.6 Å². The number of aromatic nitrogens is 1. The van der Waals surface area contributed by atoms with Gasteiger partial charge in [0.2, 0.25) is 0 Å². The van der Waals surface area contributed by atoms with Crippen LogP contribution in [0.3, 0.4) is 0 Å². The molecule has 0 spiro atoms. The normalized spacial score (nSPS) is 10.4. The second-order valence-corrected chi connectivity index (χ2v) is 3.89. The average Bonchev–Trinajstić information content (AvgIpc) is 2.17. The summed E-state index contributed by atoms with van der Waals surface area (Å²) in [5.41, 5.74) is 2.76. The lowest BCUT2D eigenvalue weighted by atomic mass is 10.2. The van der Waals surface area contributed by atoms with Gasteiger partial charge in [-0.3, -0.25) is 9.63 Å². The maximum Gasteiger partial charge on any atom is 0.275 e. The highest BCUT2D eigenvalue weighted by Gasteiger charge is 2.06. The lowest BCUT2D eigenvalue weighted by Gasteiger charge is -2.07. The molecule has 0 aliphatic heterocycles. The maximum absolute atomic E-state index is 11.5. The Morgan fingerprint density at radius 3 is 3.00 bits per heavy atom. The van der Waals surface area contributed by atoms with E-state index in [1.807, 2.05) is 13.8 Å². The fourth-order valence-electron chi connectivity index (χ4n) is 0.877. The van der Waals surface area contributed by atoms with E-state index >= 15 is 0 Å². The molecule has 0 fully saturated rings. The van der Waals surface area contributed by atoms with Crippen LogP contribution in [0.25, 0.3) is 0 Å². The van der Waals surface area contributed by atoms with Crippen molar-refractivity contribution in [3.05, 3.63) is 29.0 Å². The summed E-state index contributed by atoms with van der Waals surface area (Å²) in [7, 11) is 0. The van der Waals surface area contributed by atoms with E-state index in [0.717, 1.165) is 0 Å². The van der Waals surface area contributed by atoms with Crippen LogP contribution < -0.4 is 5.48 Å². The lowest BCUT2D eigenvalue weighted by molar-refractivity contribution is 0.0208. The molecule has 1 amide bonds. The van der Waals surface area contributed by atoms with Gasteiger partial charge < -0.3 is 0 Å². The van der Waals surface area contributed by atoms with Crippen molar-refractivity contribution in [2.24, 2.45) is 5.92 Å². The van der Waals surface area contributed by atoms with Crippen LogP contribution in [0.4, 0.5) is 0 Å². The zero-order valence-electron chi connectivity index (χ0n) is 8.66. The number of hydroxylamine groups is 1. The quantitative estimate of drug-likeness (QED) is 0.634. The predicted octanol–water partition coefficient (Wildman–Crippen LogP) is 2.05. The molecule has 1 heterocycles. The first-order chi connectivity index (χ1) is 7.09. The minimum absolute atomic E-state index is 0.284. The molecule has 5 heteroatoms. The van der Waals surface area contributed by atoms with E-state index in [1.54, 1.807) is 6.07 Å². The highest BCUT2D eigenvalue weighted by molar-refractivity contribution is 6.29. The molecule has 0 saturated heterocycles. The number of hydrogen-bond acceptors (Lipinski definition) is 3. The second kappa shape index (κ2) is 5.68. The highest BCUT2D eigenvalue weighted by atomic mass is 35.5. The molecule has 0 atom stereocenters. The van der Waals surface area contributed by atoms with Gasteiger partial charge in [-0.05, 0) is 18.1 Å². The number of nitrogens with one attached hydrogen (secondary N) is 1. The summed E-state index contributed by atoms with van der Waals surface area (Å²) in [6, 6.07) is 3.05. The van der Waals surface area contributed by atoms with Crippen LogP contribution in [0, 0.1) is 5.92 Å². The fraction of sp³-hybridized carbons (Fsp3) is 0.400. The first-order valence-electron chi connectivity index (χ1n) is 4.63. The number of pyridine rings is 1. The zero-order chi connectivity index (χ0) is 11.3. The minimum Gasteiger partial charge on any atom is -0.273 e. The van der Waals surface area contributed by atoms with Gasteiger partial charge in [0, 0.05) is 11.8 Å². The standard InChI is InChI=1S/C10H13ClN2O2/c1-7(2)6-15-13-10(14)8-3-4-12-9(11)5-8/h3-5,7H,6H2,1-2H3,(H,13,14). The molecule has 0 unspecified atom stereocenters. The van der Waals surface area contributed by atoms with E-state index in [-0.39, 0.29) is 11.1 Å². The Labute approximate surface area is 93.6 Å². The van der Waals surface area contributed by atoms with Gasteiger partial charge in [0.05, 0.1) is 6.61 Å². The fourth-order valence-corrected chi connectivity index (χ4v) is 1.05. The number of carbonyl (C=O) groups excluding carboxylic acids is 1. The molecule has 1 rings (SSSR count). The van der Waals surface area contributed by atoms with Crippen molar-refractivity contribution < 1.29 is 9.63 Å². The topological polar surface area (TPSA) is 51.2 Å². The summed E-state index contributed by atoms with van der Waals surface area (Å²) in [4.78, 5) is 20.2. The SMILES string of the molecule is CC(C)CONC(=O)c1ccnc(Cl)c1. The Hall–Kier alpha value is -1.13. The molecule has 0 aromatic carbocycles. The summed E-state index contributed by atoms with van der Waals surface area (Å²) >= 11 is 5.64. The molecule has 4 nitrogen and oxygen atoms in total. The van der Waals surface area contributed by atoms with E-state index in [1.165, 1.54) is 12.3 Å². The predicted molar refractivity (Wildman–Crippen MR) is 57.5 cm³/mol. The first-order valence-corrected chi connectivity index (χ1v) is 5.01. The molecule has 1 N–H and O–H groups in total. The maximum atomic E-state index is 11.5. The Morgan fingerprint density at radius 1 is 1.67 bits per heavy atom. The second-order valence-electron chi connectivity index (χ2n) is 3.50. The van der Waals surface area contributed by atoms with E-state index in [2.05, 4.69) is 10.5 Å². The lowest BCUT2D eigenvalue weighted by Crippen LogP contribution is -2.25. The summed E-state index contributed by atoms with van der Waals surface area (Å²) in [6.45, 7) is 4.47. The van der Waals surface area contributed by atoms with Crippen molar-refractivity contribution in [2.75, 3.05) is 6.61 Å². The van der Waals surface area contributed by atoms with Crippen LogP contribution in [0.2, 0.25) is 5.15 Å². The Balaban J connectivity index is 2.47. The third-order valence-electron chi connectivity index (χ3n) is 1.57. The van der Waals surface area contributed by atoms with Gasteiger partial charge in [-0.15, -0.1) is 0 Å². The molecule has 0 aliphatic rings. The van der Waals surface area contributed by atoms with Gasteiger partial charge in [0.25, 0.3) is 5.91 Å². The number of hydrogen-bond donors (Lipinski definition) is 1. The molecular weight excluding hydrogens is 216 g/mol. The van der Waals surface area contributed by atoms with Gasteiger partial charge in [-0.2, -0.15) is 0 Å². The summed E-state index contributed by atoms with van der Waals surface area (Å²) in [5.74, 6) is 0.0475. The zero-order valence-corrected chi connectivity index (χ0v) is 9.41. The molecule has 0 aliphatic carbocycles. The van der Waals surface area contributed by atoms with E-state index in [0.29, 0.717) is 18.1 Å². The molecule has 1 aromatic rings. The third-order valence-corrected chi connectivity index (χ3v) is 1.78. The summed E-state index contributed by atoms with van der Waals surface area (Å²) in [6.07, 6.45) is 1.47. The van der Waals surface area contributed by atoms with Crippen LogP contribution in [0.15, 0.2) is 18.3 Å². The molecule has 0 radical (unpaired) electrons. The third kappa shape index (κ3) is 4.27.